The molecular formula is C16H22N4O. The average molecular weight is 286 g/mol. The maximum Gasteiger partial charge on any atom is 0.163 e. The third-order valence-electron chi connectivity index (χ3n) is 3.01. The molecule has 5 nitrogen and oxygen atoms in total. The molecule has 0 atom stereocenters. The van der Waals surface area contributed by atoms with Crippen LogP contribution < -0.4 is 10.6 Å². The molecule has 0 radical (unpaired) electrons. The summed E-state index contributed by atoms with van der Waals surface area (Å²) in [4.78, 5) is 9.09. The highest BCUT2D eigenvalue weighted by Crippen LogP contribution is 2.20. The summed E-state index contributed by atoms with van der Waals surface area (Å²) in [5.41, 5.74) is 0.996. The summed E-state index contributed by atoms with van der Waals surface area (Å²) >= 11 is 0. The van der Waals surface area contributed by atoms with E-state index in [-0.39, 0.29) is 6.61 Å². The van der Waals surface area contributed by atoms with Gasteiger partial charge in [0, 0.05) is 31.3 Å². The molecule has 1 aromatic heterocycles. The van der Waals surface area contributed by atoms with Crippen LogP contribution >= 0.6 is 0 Å². The lowest BCUT2D eigenvalue weighted by Gasteiger charge is -2.10. The van der Waals surface area contributed by atoms with Crippen LogP contribution in [0.25, 0.3) is 11.4 Å². The van der Waals surface area contributed by atoms with Gasteiger partial charge in [0.1, 0.15) is 11.6 Å². The molecular weight excluding hydrogens is 264 g/mol. The zero-order valence-corrected chi connectivity index (χ0v) is 12.3. The Balaban J connectivity index is 2.18. The lowest BCUT2D eigenvalue weighted by Crippen LogP contribution is -2.08. The summed E-state index contributed by atoms with van der Waals surface area (Å²) in [5.74, 6) is 2.33. The molecule has 2 rings (SSSR count). The summed E-state index contributed by atoms with van der Waals surface area (Å²) in [6.45, 7) is 3.87. The van der Waals surface area contributed by atoms with Gasteiger partial charge in [0.25, 0.3) is 0 Å². The molecule has 21 heavy (non-hydrogen) atoms. The maximum atomic E-state index is 8.81. The Bertz CT molecular complexity index is 545. The number of nitrogens with one attached hydrogen (secondary N) is 2. The first-order chi connectivity index (χ1) is 10.3. The van der Waals surface area contributed by atoms with E-state index in [2.05, 4.69) is 20.6 Å². The topological polar surface area (TPSA) is 70.1 Å². The van der Waals surface area contributed by atoms with Crippen molar-refractivity contribution in [2.75, 3.05) is 30.3 Å². The van der Waals surface area contributed by atoms with Gasteiger partial charge < -0.3 is 15.7 Å². The van der Waals surface area contributed by atoms with Gasteiger partial charge in [0.2, 0.25) is 0 Å². The number of aromatic nitrogens is 2. The van der Waals surface area contributed by atoms with Gasteiger partial charge in [-0.1, -0.05) is 30.3 Å². The van der Waals surface area contributed by atoms with E-state index in [1.54, 1.807) is 0 Å². The molecule has 112 valence electrons. The molecule has 0 unspecified atom stereocenters. The smallest absolute Gasteiger partial charge is 0.163 e. The minimum Gasteiger partial charge on any atom is -0.396 e. The van der Waals surface area contributed by atoms with Crippen LogP contribution in [0.5, 0.6) is 0 Å². The van der Waals surface area contributed by atoms with E-state index in [0.717, 1.165) is 43.1 Å². The number of nitrogens with zero attached hydrogens (tertiary/aromatic N) is 2. The SMILES string of the molecule is CCNc1cc(NCCCCO)nc(-c2ccccc2)n1. The van der Waals surface area contributed by atoms with E-state index in [0.29, 0.717) is 5.82 Å². The first-order valence-corrected chi connectivity index (χ1v) is 7.36. The fourth-order valence-corrected chi connectivity index (χ4v) is 1.98. The molecule has 2 aromatic rings. The number of aliphatic hydroxyl groups is 1. The van der Waals surface area contributed by atoms with Gasteiger partial charge in [0.15, 0.2) is 5.82 Å². The van der Waals surface area contributed by atoms with E-state index in [4.69, 9.17) is 5.11 Å². The normalized spacial score (nSPS) is 10.4. The highest BCUT2D eigenvalue weighted by atomic mass is 16.2. The van der Waals surface area contributed by atoms with Crippen LogP contribution in [0.15, 0.2) is 36.4 Å². The van der Waals surface area contributed by atoms with Crippen molar-refractivity contribution in [3.8, 4) is 11.4 Å². The number of unbranched alkanes of at least 4 members (excludes halogenated alkanes) is 1. The molecule has 0 aliphatic carbocycles. The molecule has 5 heteroatoms. The molecule has 0 fully saturated rings. The van der Waals surface area contributed by atoms with Crippen LogP contribution in [0.2, 0.25) is 0 Å². The largest absolute Gasteiger partial charge is 0.396 e. The Kier molecular flexibility index (Phi) is 5.97. The van der Waals surface area contributed by atoms with Gasteiger partial charge in [-0.05, 0) is 19.8 Å². The second-order valence-corrected chi connectivity index (χ2v) is 4.72. The van der Waals surface area contributed by atoms with E-state index in [9.17, 15) is 0 Å². The fourth-order valence-electron chi connectivity index (χ4n) is 1.98. The lowest BCUT2D eigenvalue weighted by atomic mass is 10.2. The highest BCUT2D eigenvalue weighted by Gasteiger charge is 2.06. The summed E-state index contributed by atoms with van der Waals surface area (Å²) in [6.07, 6.45) is 1.71. The molecule has 1 heterocycles. The van der Waals surface area contributed by atoms with E-state index < -0.39 is 0 Å². The van der Waals surface area contributed by atoms with E-state index >= 15 is 0 Å². The molecule has 3 N–H and O–H groups in total. The Morgan fingerprint density at radius 2 is 1.71 bits per heavy atom. The number of rotatable bonds is 8. The predicted octanol–water partition coefficient (Wildman–Crippen LogP) is 2.76. The second-order valence-electron chi connectivity index (χ2n) is 4.72. The Morgan fingerprint density at radius 3 is 2.38 bits per heavy atom. The van der Waals surface area contributed by atoms with E-state index in [1.165, 1.54) is 0 Å². The van der Waals surface area contributed by atoms with Gasteiger partial charge in [-0.3, -0.25) is 0 Å². The van der Waals surface area contributed by atoms with Crippen LogP contribution in [0, 0.1) is 0 Å². The Morgan fingerprint density at radius 1 is 1.00 bits per heavy atom. The standard InChI is InChI=1S/C16H22N4O/c1-2-17-14-12-15(18-10-6-7-11-21)20-16(19-14)13-8-4-3-5-9-13/h3-5,8-9,12,21H,2,6-7,10-11H2,1H3,(H2,17,18,19,20). The minimum atomic E-state index is 0.226. The highest BCUT2D eigenvalue weighted by molar-refractivity contribution is 5.61. The van der Waals surface area contributed by atoms with Gasteiger partial charge in [-0.2, -0.15) is 0 Å². The minimum absolute atomic E-state index is 0.226. The third kappa shape index (κ3) is 4.72. The zero-order chi connectivity index (χ0) is 14.9. The number of hydrogen-bond acceptors (Lipinski definition) is 5. The third-order valence-corrected chi connectivity index (χ3v) is 3.01. The van der Waals surface area contributed by atoms with Crippen molar-refractivity contribution in [2.45, 2.75) is 19.8 Å². The van der Waals surface area contributed by atoms with Gasteiger partial charge >= 0.3 is 0 Å². The quantitative estimate of drug-likeness (QED) is 0.651. The van der Waals surface area contributed by atoms with Crippen molar-refractivity contribution >= 4 is 11.6 Å². The van der Waals surface area contributed by atoms with Crippen molar-refractivity contribution in [3.05, 3.63) is 36.4 Å². The van der Waals surface area contributed by atoms with Gasteiger partial charge in [-0.25, -0.2) is 9.97 Å². The first kappa shape index (κ1) is 15.3. The number of hydrogen-bond donors (Lipinski definition) is 3. The number of aliphatic hydroxyl groups excluding tert-OH is 1. The predicted molar refractivity (Wildman–Crippen MR) is 86.4 cm³/mol. The molecule has 0 saturated heterocycles. The summed E-state index contributed by atoms with van der Waals surface area (Å²) < 4.78 is 0. The van der Waals surface area contributed by atoms with Gasteiger partial charge in [-0.15, -0.1) is 0 Å². The van der Waals surface area contributed by atoms with Crippen molar-refractivity contribution in [1.82, 2.24) is 9.97 Å². The average Bonchev–Trinajstić information content (AvgIpc) is 2.53. The van der Waals surface area contributed by atoms with Crippen LogP contribution in [0.1, 0.15) is 19.8 Å². The second kappa shape index (κ2) is 8.21. The maximum absolute atomic E-state index is 8.81. The molecule has 0 amide bonds. The first-order valence-electron chi connectivity index (χ1n) is 7.36. The lowest BCUT2D eigenvalue weighted by molar-refractivity contribution is 0.286. The Labute approximate surface area is 125 Å². The zero-order valence-electron chi connectivity index (χ0n) is 12.3. The number of benzene rings is 1. The molecule has 0 spiro atoms. The van der Waals surface area contributed by atoms with Crippen molar-refractivity contribution < 1.29 is 5.11 Å². The van der Waals surface area contributed by atoms with Crippen molar-refractivity contribution in [2.24, 2.45) is 0 Å². The van der Waals surface area contributed by atoms with Crippen LogP contribution in [-0.4, -0.2) is 34.8 Å². The molecule has 0 aliphatic heterocycles. The fraction of sp³-hybridized carbons (Fsp3) is 0.375. The monoisotopic (exact) mass is 286 g/mol. The molecule has 0 bridgehead atoms. The molecule has 0 saturated carbocycles. The molecule has 0 aliphatic rings. The van der Waals surface area contributed by atoms with Crippen LogP contribution in [0.3, 0.4) is 0 Å². The van der Waals surface area contributed by atoms with Crippen molar-refractivity contribution in [1.29, 1.82) is 0 Å². The summed E-state index contributed by atoms with van der Waals surface area (Å²) in [5, 5.41) is 15.3. The Hall–Kier alpha value is -2.14. The van der Waals surface area contributed by atoms with Crippen LogP contribution in [-0.2, 0) is 0 Å². The summed E-state index contributed by atoms with van der Waals surface area (Å²) in [6, 6.07) is 11.8. The van der Waals surface area contributed by atoms with Crippen LogP contribution in [0.4, 0.5) is 11.6 Å². The molecule has 1 aromatic carbocycles. The van der Waals surface area contributed by atoms with Gasteiger partial charge in [0.05, 0.1) is 0 Å². The van der Waals surface area contributed by atoms with E-state index in [1.807, 2.05) is 43.3 Å². The number of anilines is 2. The van der Waals surface area contributed by atoms with Crippen molar-refractivity contribution in [3.63, 3.8) is 0 Å². The summed E-state index contributed by atoms with van der Waals surface area (Å²) in [7, 11) is 0.